The lowest BCUT2D eigenvalue weighted by molar-refractivity contribution is 0.419. The van der Waals surface area contributed by atoms with Gasteiger partial charge in [0.2, 0.25) is 0 Å². The van der Waals surface area contributed by atoms with Crippen molar-refractivity contribution in [3.63, 3.8) is 0 Å². The summed E-state index contributed by atoms with van der Waals surface area (Å²) in [6.07, 6.45) is 3.32. The third-order valence-electron chi connectivity index (χ3n) is 2.43. The van der Waals surface area contributed by atoms with E-state index < -0.39 is 0 Å². The second-order valence-corrected chi connectivity index (χ2v) is 3.32. The molecule has 0 unspecified atom stereocenters. The fourth-order valence-corrected chi connectivity index (χ4v) is 1.74. The van der Waals surface area contributed by atoms with Crippen LogP contribution in [0.1, 0.15) is 17.0 Å². The van der Waals surface area contributed by atoms with Crippen molar-refractivity contribution >= 4 is 0 Å². The number of hydrogen-bond acceptors (Lipinski definition) is 3. The van der Waals surface area contributed by atoms with Crippen LogP contribution >= 0.6 is 0 Å². The summed E-state index contributed by atoms with van der Waals surface area (Å²) in [7, 11) is 0. The highest BCUT2D eigenvalue weighted by atomic mass is 16.5. The van der Waals surface area contributed by atoms with Gasteiger partial charge in [0.05, 0.1) is 6.20 Å². The van der Waals surface area contributed by atoms with E-state index in [-0.39, 0.29) is 0 Å². The first-order valence-electron chi connectivity index (χ1n) is 4.51. The Morgan fingerprint density at radius 2 is 2.29 bits per heavy atom. The third kappa shape index (κ3) is 1.24. The van der Waals surface area contributed by atoms with Crippen LogP contribution in [0.15, 0.2) is 23.0 Å². The van der Waals surface area contributed by atoms with Crippen LogP contribution in [0.3, 0.4) is 0 Å². The summed E-state index contributed by atoms with van der Waals surface area (Å²) in [5, 5.41) is 3.69. The molecule has 0 saturated carbocycles. The molecule has 2 heterocycles. The largest absolute Gasteiger partial charge is 0.362 e. The zero-order valence-electron chi connectivity index (χ0n) is 8.32. The molecule has 0 radical (unpaired) electrons. The van der Waals surface area contributed by atoms with Gasteiger partial charge in [-0.05, 0) is 25.5 Å². The predicted molar refractivity (Wildman–Crippen MR) is 53.2 cm³/mol. The SMILES string of the molecule is Cc1cc(CN)c(C)n1-c1cnoc1. The number of rotatable bonds is 2. The fourth-order valence-electron chi connectivity index (χ4n) is 1.74. The molecular weight excluding hydrogens is 178 g/mol. The van der Waals surface area contributed by atoms with Crippen LogP contribution in [0.4, 0.5) is 0 Å². The van der Waals surface area contributed by atoms with Crippen LogP contribution in [0.25, 0.3) is 5.69 Å². The lowest BCUT2D eigenvalue weighted by atomic mass is 10.2. The molecule has 0 amide bonds. The van der Waals surface area contributed by atoms with Crippen LogP contribution in [0.2, 0.25) is 0 Å². The van der Waals surface area contributed by atoms with Gasteiger partial charge in [-0.2, -0.15) is 0 Å². The van der Waals surface area contributed by atoms with Crippen molar-refractivity contribution in [2.75, 3.05) is 0 Å². The molecule has 2 aromatic heterocycles. The number of nitrogens with two attached hydrogens (primary N) is 1. The van der Waals surface area contributed by atoms with E-state index in [4.69, 9.17) is 10.3 Å². The zero-order valence-corrected chi connectivity index (χ0v) is 8.32. The Kier molecular flexibility index (Phi) is 2.13. The highest BCUT2D eigenvalue weighted by Crippen LogP contribution is 2.19. The Labute approximate surface area is 82.3 Å². The molecule has 4 heteroatoms. The lowest BCUT2D eigenvalue weighted by Crippen LogP contribution is -2.00. The highest BCUT2D eigenvalue weighted by molar-refractivity contribution is 5.37. The standard InChI is InChI=1S/C10H13N3O/c1-7-3-9(4-11)8(2)13(7)10-5-12-14-6-10/h3,5-6H,4,11H2,1-2H3. The summed E-state index contributed by atoms with van der Waals surface area (Å²) in [6, 6.07) is 2.09. The van der Waals surface area contributed by atoms with E-state index in [0.29, 0.717) is 6.54 Å². The van der Waals surface area contributed by atoms with Gasteiger partial charge in [0, 0.05) is 17.9 Å². The average molecular weight is 191 g/mol. The molecule has 2 aromatic rings. The molecule has 0 atom stereocenters. The van der Waals surface area contributed by atoms with Gasteiger partial charge < -0.3 is 14.8 Å². The quantitative estimate of drug-likeness (QED) is 0.783. The Balaban J connectivity index is 2.58. The van der Waals surface area contributed by atoms with Crippen molar-refractivity contribution in [1.29, 1.82) is 0 Å². The van der Waals surface area contributed by atoms with E-state index in [2.05, 4.69) is 15.8 Å². The molecule has 14 heavy (non-hydrogen) atoms. The van der Waals surface area contributed by atoms with Crippen molar-refractivity contribution in [2.24, 2.45) is 5.73 Å². The van der Waals surface area contributed by atoms with E-state index in [1.807, 2.05) is 13.8 Å². The summed E-state index contributed by atoms with van der Waals surface area (Å²) in [5.74, 6) is 0. The smallest absolute Gasteiger partial charge is 0.147 e. The van der Waals surface area contributed by atoms with Gasteiger partial charge in [0.15, 0.2) is 0 Å². The van der Waals surface area contributed by atoms with Crippen molar-refractivity contribution < 1.29 is 4.52 Å². The van der Waals surface area contributed by atoms with E-state index in [0.717, 1.165) is 22.6 Å². The lowest BCUT2D eigenvalue weighted by Gasteiger charge is -2.04. The van der Waals surface area contributed by atoms with Gasteiger partial charge >= 0.3 is 0 Å². The highest BCUT2D eigenvalue weighted by Gasteiger charge is 2.10. The fraction of sp³-hybridized carbons (Fsp3) is 0.300. The number of aryl methyl sites for hydroxylation is 1. The summed E-state index contributed by atoms with van der Waals surface area (Å²) < 4.78 is 6.90. The first-order valence-corrected chi connectivity index (χ1v) is 4.51. The average Bonchev–Trinajstić information content (AvgIpc) is 2.74. The molecule has 0 aromatic carbocycles. The maximum absolute atomic E-state index is 5.63. The van der Waals surface area contributed by atoms with Crippen LogP contribution < -0.4 is 5.73 Å². The molecule has 74 valence electrons. The van der Waals surface area contributed by atoms with Crippen molar-refractivity contribution in [2.45, 2.75) is 20.4 Å². The van der Waals surface area contributed by atoms with E-state index >= 15 is 0 Å². The zero-order chi connectivity index (χ0) is 10.1. The first-order chi connectivity index (χ1) is 6.74. The Bertz CT molecular complexity index is 428. The van der Waals surface area contributed by atoms with E-state index in [1.165, 1.54) is 0 Å². The molecule has 0 saturated heterocycles. The van der Waals surface area contributed by atoms with E-state index in [9.17, 15) is 0 Å². The summed E-state index contributed by atoms with van der Waals surface area (Å²) >= 11 is 0. The Morgan fingerprint density at radius 3 is 2.79 bits per heavy atom. The normalized spacial score (nSPS) is 10.8. The molecule has 0 aliphatic rings. The molecule has 2 rings (SSSR count). The minimum Gasteiger partial charge on any atom is -0.362 e. The molecule has 0 fully saturated rings. The first kappa shape index (κ1) is 9.02. The van der Waals surface area contributed by atoms with E-state index in [1.54, 1.807) is 12.5 Å². The topological polar surface area (TPSA) is 57.0 Å². The van der Waals surface area contributed by atoms with Gasteiger partial charge in [-0.15, -0.1) is 0 Å². The van der Waals surface area contributed by atoms with Crippen LogP contribution in [0.5, 0.6) is 0 Å². The number of hydrogen-bond donors (Lipinski definition) is 1. The third-order valence-corrected chi connectivity index (χ3v) is 2.43. The maximum Gasteiger partial charge on any atom is 0.147 e. The summed E-state index contributed by atoms with van der Waals surface area (Å²) in [6.45, 7) is 4.65. The molecule has 0 bridgehead atoms. The predicted octanol–water partition coefficient (Wildman–Crippen LogP) is 1.54. The number of aromatic nitrogens is 2. The maximum atomic E-state index is 5.63. The molecule has 0 spiro atoms. The van der Waals surface area contributed by atoms with Gasteiger partial charge in [-0.25, -0.2) is 0 Å². The Hall–Kier alpha value is -1.55. The van der Waals surface area contributed by atoms with Crippen molar-refractivity contribution in [3.8, 4) is 5.69 Å². The molecule has 0 aliphatic carbocycles. The van der Waals surface area contributed by atoms with Crippen LogP contribution in [-0.4, -0.2) is 9.72 Å². The molecular formula is C10H13N3O. The summed E-state index contributed by atoms with van der Waals surface area (Å²) in [5.41, 5.74) is 10.0. The second-order valence-electron chi connectivity index (χ2n) is 3.32. The second kappa shape index (κ2) is 3.31. The minimum atomic E-state index is 0.560. The van der Waals surface area contributed by atoms with Gasteiger partial charge in [-0.3, -0.25) is 0 Å². The van der Waals surface area contributed by atoms with Gasteiger partial charge in [0.25, 0.3) is 0 Å². The van der Waals surface area contributed by atoms with Crippen molar-refractivity contribution in [1.82, 2.24) is 9.72 Å². The minimum absolute atomic E-state index is 0.560. The van der Waals surface area contributed by atoms with Gasteiger partial charge in [-0.1, -0.05) is 5.16 Å². The monoisotopic (exact) mass is 191 g/mol. The number of nitrogens with zero attached hydrogens (tertiary/aromatic N) is 2. The van der Waals surface area contributed by atoms with Crippen LogP contribution in [0, 0.1) is 13.8 Å². The van der Waals surface area contributed by atoms with Crippen molar-refractivity contribution in [3.05, 3.63) is 35.5 Å². The Morgan fingerprint density at radius 1 is 1.50 bits per heavy atom. The molecule has 2 N–H and O–H groups in total. The van der Waals surface area contributed by atoms with Crippen LogP contribution in [-0.2, 0) is 6.54 Å². The van der Waals surface area contributed by atoms with Gasteiger partial charge in [0.1, 0.15) is 12.0 Å². The molecule has 4 nitrogen and oxygen atoms in total. The molecule has 0 aliphatic heterocycles. The summed E-state index contributed by atoms with van der Waals surface area (Å²) in [4.78, 5) is 0.